The van der Waals surface area contributed by atoms with Crippen LogP contribution in [0.25, 0.3) is 5.57 Å². The molecule has 0 aliphatic heterocycles. The van der Waals surface area contributed by atoms with Crippen LogP contribution in [0.15, 0.2) is 55.1 Å². The molecule has 0 aliphatic rings. The van der Waals surface area contributed by atoms with Gasteiger partial charge in [0.25, 0.3) is 0 Å². The van der Waals surface area contributed by atoms with Gasteiger partial charge in [0.1, 0.15) is 0 Å². The Morgan fingerprint density at radius 1 is 0.708 bits per heavy atom. The topological polar surface area (TPSA) is 0 Å². The Balaban J connectivity index is 2.25. The fourth-order valence-electron chi connectivity index (χ4n) is 2.77. The van der Waals surface area contributed by atoms with E-state index in [1.54, 1.807) is 0 Å². The average molecular weight is 321 g/mol. The molecule has 0 nitrogen and oxygen atoms in total. The van der Waals surface area contributed by atoms with Crippen LogP contribution in [-0.4, -0.2) is 0 Å². The first-order chi connectivity index (χ1) is 11.0. The molecule has 0 aromatic heterocycles. The third-order valence-electron chi connectivity index (χ3n) is 5.52. The van der Waals surface area contributed by atoms with E-state index < -0.39 is 0 Å². The minimum Gasteiger partial charge on any atom is -0.0906 e. The van der Waals surface area contributed by atoms with E-state index in [-0.39, 0.29) is 10.8 Å². The van der Waals surface area contributed by atoms with E-state index in [0.717, 1.165) is 5.57 Å². The first-order valence-corrected chi connectivity index (χ1v) is 8.94. The van der Waals surface area contributed by atoms with Crippen molar-refractivity contribution >= 4 is 5.57 Å². The molecule has 0 heteroatoms. The van der Waals surface area contributed by atoms with Gasteiger partial charge in [-0.1, -0.05) is 104 Å². The second kappa shape index (κ2) is 6.59. The van der Waals surface area contributed by atoms with Crippen LogP contribution in [0, 0.1) is 5.92 Å². The maximum absolute atomic E-state index is 4.31. The second-order valence-corrected chi connectivity index (χ2v) is 8.76. The molecule has 2 rings (SSSR count). The highest BCUT2D eigenvalue weighted by Gasteiger charge is 2.24. The monoisotopic (exact) mass is 320 g/mol. The molecule has 0 atom stereocenters. The molecule has 2 aromatic carbocycles. The smallest absolute Gasteiger partial charge is 0.00806 e. The van der Waals surface area contributed by atoms with Gasteiger partial charge in [-0.05, 0) is 44.6 Å². The number of hydrogen-bond donors (Lipinski definition) is 0. The molecule has 128 valence electrons. The fourth-order valence-corrected chi connectivity index (χ4v) is 2.77. The maximum atomic E-state index is 4.31. The van der Waals surface area contributed by atoms with Gasteiger partial charge in [0.2, 0.25) is 0 Å². The third-order valence-corrected chi connectivity index (χ3v) is 5.52. The highest BCUT2D eigenvalue weighted by Crippen LogP contribution is 2.33. The molecule has 0 fully saturated rings. The lowest BCUT2D eigenvalue weighted by Crippen LogP contribution is -2.24. The predicted octanol–water partition coefficient (Wildman–Crippen LogP) is 6.98. The fraction of sp³-hybridized carbons (Fsp3) is 0.417. The van der Waals surface area contributed by atoms with Crippen molar-refractivity contribution in [3.05, 3.63) is 77.4 Å². The average Bonchev–Trinajstić information content (AvgIpc) is 2.53. The molecule has 0 aliphatic carbocycles. The van der Waals surface area contributed by atoms with Crippen LogP contribution < -0.4 is 0 Å². The quantitative estimate of drug-likeness (QED) is 0.570. The Bertz CT molecular complexity index is 689. The first-order valence-electron chi connectivity index (χ1n) is 8.94. The van der Waals surface area contributed by atoms with E-state index >= 15 is 0 Å². The molecule has 0 saturated heterocycles. The molecule has 0 spiro atoms. The van der Waals surface area contributed by atoms with Gasteiger partial charge in [-0.3, -0.25) is 0 Å². The SMILES string of the molecule is C=C(c1ccc(C(C)(C)C)cc1)c1ccc(C(C)(C)C(C)C)cc1. The van der Waals surface area contributed by atoms with Crippen molar-refractivity contribution < 1.29 is 0 Å². The lowest BCUT2D eigenvalue weighted by Gasteiger charge is -2.30. The molecule has 0 bridgehead atoms. The Morgan fingerprint density at radius 3 is 1.42 bits per heavy atom. The molecule has 2 aromatic rings. The normalized spacial score (nSPS) is 12.5. The van der Waals surface area contributed by atoms with Crippen LogP contribution in [-0.2, 0) is 10.8 Å². The summed E-state index contributed by atoms with van der Waals surface area (Å²) in [7, 11) is 0. The van der Waals surface area contributed by atoms with Crippen molar-refractivity contribution in [2.75, 3.05) is 0 Å². The number of rotatable bonds is 4. The van der Waals surface area contributed by atoms with Gasteiger partial charge >= 0.3 is 0 Å². The van der Waals surface area contributed by atoms with E-state index in [2.05, 4.69) is 104 Å². The molecule has 0 radical (unpaired) electrons. The molecular weight excluding hydrogens is 288 g/mol. The van der Waals surface area contributed by atoms with Crippen molar-refractivity contribution in [3.63, 3.8) is 0 Å². The van der Waals surface area contributed by atoms with Gasteiger partial charge in [-0.2, -0.15) is 0 Å². The Hall–Kier alpha value is -1.82. The lowest BCUT2D eigenvalue weighted by atomic mass is 9.75. The van der Waals surface area contributed by atoms with Crippen molar-refractivity contribution in [2.24, 2.45) is 5.92 Å². The van der Waals surface area contributed by atoms with Crippen LogP contribution in [0.5, 0.6) is 0 Å². The zero-order valence-electron chi connectivity index (χ0n) is 16.4. The summed E-state index contributed by atoms with van der Waals surface area (Å²) in [5, 5.41) is 0. The van der Waals surface area contributed by atoms with E-state index in [0.29, 0.717) is 5.92 Å². The Kier molecular flexibility index (Phi) is 5.08. The summed E-state index contributed by atoms with van der Waals surface area (Å²) in [6.45, 7) is 20.2. The number of hydrogen-bond acceptors (Lipinski definition) is 0. The highest BCUT2D eigenvalue weighted by atomic mass is 14.3. The van der Waals surface area contributed by atoms with E-state index in [4.69, 9.17) is 0 Å². The molecule has 24 heavy (non-hydrogen) atoms. The molecule has 0 saturated carbocycles. The van der Waals surface area contributed by atoms with Crippen molar-refractivity contribution in [2.45, 2.75) is 59.3 Å². The summed E-state index contributed by atoms with van der Waals surface area (Å²) >= 11 is 0. The molecule has 0 unspecified atom stereocenters. The predicted molar refractivity (Wildman–Crippen MR) is 108 cm³/mol. The van der Waals surface area contributed by atoms with Gasteiger partial charge < -0.3 is 0 Å². The van der Waals surface area contributed by atoms with Crippen LogP contribution in [0.2, 0.25) is 0 Å². The van der Waals surface area contributed by atoms with Crippen molar-refractivity contribution in [3.8, 4) is 0 Å². The molecule has 0 amide bonds. The van der Waals surface area contributed by atoms with Crippen molar-refractivity contribution in [1.82, 2.24) is 0 Å². The van der Waals surface area contributed by atoms with Crippen LogP contribution in [0.1, 0.15) is 70.7 Å². The second-order valence-electron chi connectivity index (χ2n) is 8.76. The summed E-state index contributed by atoms with van der Waals surface area (Å²) < 4.78 is 0. The van der Waals surface area contributed by atoms with Gasteiger partial charge in [0, 0.05) is 0 Å². The summed E-state index contributed by atoms with van der Waals surface area (Å²) in [6, 6.07) is 17.7. The summed E-state index contributed by atoms with van der Waals surface area (Å²) in [6.07, 6.45) is 0. The zero-order chi connectivity index (χ0) is 18.1. The highest BCUT2D eigenvalue weighted by molar-refractivity contribution is 5.78. The van der Waals surface area contributed by atoms with Gasteiger partial charge in [-0.25, -0.2) is 0 Å². The van der Waals surface area contributed by atoms with Crippen LogP contribution in [0.3, 0.4) is 0 Å². The van der Waals surface area contributed by atoms with E-state index in [1.165, 1.54) is 22.3 Å². The Morgan fingerprint density at radius 2 is 1.08 bits per heavy atom. The summed E-state index contributed by atoms with van der Waals surface area (Å²) in [5.74, 6) is 0.608. The summed E-state index contributed by atoms with van der Waals surface area (Å²) in [5.41, 5.74) is 6.59. The lowest BCUT2D eigenvalue weighted by molar-refractivity contribution is 0.372. The third kappa shape index (κ3) is 3.80. The summed E-state index contributed by atoms with van der Waals surface area (Å²) in [4.78, 5) is 0. The first kappa shape index (κ1) is 18.5. The van der Waals surface area contributed by atoms with Gasteiger partial charge in [0.15, 0.2) is 0 Å². The van der Waals surface area contributed by atoms with Gasteiger partial charge in [-0.15, -0.1) is 0 Å². The number of benzene rings is 2. The molecular formula is C24H32. The molecule has 0 heterocycles. The standard InChI is InChI=1S/C24H32/c1-17(2)24(7,8)22-15-11-20(12-16-22)18(3)19-9-13-21(14-10-19)23(4,5)6/h9-17H,3H2,1-2,4-8H3. The minimum atomic E-state index is 0.184. The van der Waals surface area contributed by atoms with Crippen LogP contribution >= 0.6 is 0 Å². The zero-order valence-corrected chi connectivity index (χ0v) is 16.4. The maximum Gasteiger partial charge on any atom is -0.00806 e. The molecule has 0 N–H and O–H groups in total. The van der Waals surface area contributed by atoms with E-state index in [9.17, 15) is 0 Å². The largest absolute Gasteiger partial charge is 0.0906 e. The minimum absolute atomic E-state index is 0.184. The van der Waals surface area contributed by atoms with Gasteiger partial charge in [0.05, 0.1) is 0 Å². The van der Waals surface area contributed by atoms with Crippen LogP contribution in [0.4, 0.5) is 0 Å². The Labute approximate surface area is 148 Å². The van der Waals surface area contributed by atoms with Crippen molar-refractivity contribution in [1.29, 1.82) is 0 Å². The van der Waals surface area contributed by atoms with E-state index in [1.807, 2.05) is 0 Å².